The highest BCUT2D eigenvalue weighted by molar-refractivity contribution is 7.99. The molecular weight excluding hydrogens is 444 g/mol. The van der Waals surface area contributed by atoms with Gasteiger partial charge in [0.1, 0.15) is 0 Å². The van der Waals surface area contributed by atoms with Crippen molar-refractivity contribution in [3.05, 3.63) is 105 Å². The molecular formula is C27H24N4O2S. The molecule has 170 valence electrons. The fraction of sp³-hybridized carbons (Fsp3) is 0.185. The fourth-order valence-corrected chi connectivity index (χ4v) is 4.91. The van der Waals surface area contributed by atoms with Crippen molar-refractivity contribution >= 4 is 34.2 Å². The number of nitrogens with zero attached hydrogens (tertiary/aromatic N) is 4. The molecule has 6 nitrogen and oxygen atoms in total. The number of hydrogen-bond acceptors (Lipinski definition) is 5. The number of thioether (sulfide) groups is 1. The molecule has 0 aliphatic carbocycles. The summed E-state index contributed by atoms with van der Waals surface area (Å²) < 4.78 is 3.53. The number of carbonyl (C=O) groups excluding carboxylic acids is 1. The molecule has 0 aliphatic heterocycles. The summed E-state index contributed by atoms with van der Waals surface area (Å²) in [5.41, 5.74) is 5.52. The van der Waals surface area contributed by atoms with Gasteiger partial charge in [-0.25, -0.2) is 0 Å². The first-order chi connectivity index (χ1) is 16.4. The number of carbonyl (C=O) groups is 1. The number of ketones is 1. The molecule has 0 radical (unpaired) electrons. The van der Waals surface area contributed by atoms with Crippen molar-refractivity contribution in [2.24, 2.45) is 0 Å². The van der Waals surface area contributed by atoms with Gasteiger partial charge in [-0.3, -0.25) is 18.6 Å². The molecule has 34 heavy (non-hydrogen) atoms. The lowest BCUT2D eigenvalue weighted by molar-refractivity contribution is 0.102. The van der Waals surface area contributed by atoms with Gasteiger partial charge in [-0.05, 0) is 50.1 Å². The smallest absolute Gasteiger partial charge is 0.263 e. The van der Waals surface area contributed by atoms with Crippen molar-refractivity contribution in [3.63, 3.8) is 0 Å². The van der Waals surface area contributed by atoms with Crippen LogP contribution in [0.5, 0.6) is 0 Å². The molecule has 0 saturated heterocycles. The van der Waals surface area contributed by atoms with Crippen LogP contribution in [0.4, 0.5) is 0 Å². The Bertz CT molecular complexity index is 1600. The fourth-order valence-electron chi connectivity index (χ4n) is 4.09. The predicted octanol–water partition coefficient (Wildman–Crippen LogP) is 4.99. The number of fused-ring (bicyclic) bond motifs is 3. The second-order valence-corrected chi connectivity index (χ2v) is 9.48. The van der Waals surface area contributed by atoms with Crippen molar-refractivity contribution in [1.82, 2.24) is 19.2 Å². The number of rotatable bonds is 6. The van der Waals surface area contributed by atoms with E-state index in [1.807, 2.05) is 91.9 Å². The van der Waals surface area contributed by atoms with Gasteiger partial charge >= 0.3 is 0 Å². The minimum Gasteiger partial charge on any atom is -0.293 e. The highest BCUT2D eigenvalue weighted by atomic mass is 32.2. The molecule has 7 heteroatoms. The molecule has 0 saturated carbocycles. The first-order valence-electron chi connectivity index (χ1n) is 11.1. The van der Waals surface area contributed by atoms with Crippen LogP contribution >= 0.6 is 11.8 Å². The van der Waals surface area contributed by atoms with Crippen molar-refractivity contribution in [2.45, 2.75) is 32.5 Å². The summed E-state index contributed by atoms with van der Waals surface area (Å²) in [5, 5.41) is 9.92. The Morgan fingerprint density at radius 1 is 0.912 bits per heavy atom. The zero-order valence-corrected chi connectivity index (χ0v) is 20.1. The van der Waals surface area contributed by atoms with Crippen LogP contribution in [0.15, 0.2) is 76.7 Å². The van der Waals surface area contributed by atoms with E-state index in [1.54, 1.807) is 4.57 Å². The van der Waals surface area contributed by atoms with Crippen LogP contribution in [-0.4, -0.2) is 30.7 Å². The summed E-state index contributed by atoms with van der Waals surface area (Å²) in [7, 11) is 0. The molecule has 2 aromatic heterocycles. The number of aromatic nitrogens is 4. The third kappa shape index (κ3) is 4.03. The quantitative estimate of drug-likeness (QED) is 0.259. The Labute approximate surface area is 201 Å². The van der Waals surface area contributed by atoms with Gasteiger partial charge in [-0.1, -0.05) is 71.4 Å². The van der Waals surface area contributed by atoms with Gasteiger partial charge in [0, 0.05) is 5.56 Å². The molecule has 0 atom stereocenters. The van der Waals surface area contributed by atoms with Crippen LogP contribution in [0.3, 0.4) is 0 Å². The van der Waals surface area contributed by atoms with E-state index in [9.17, 15) is 9.59 Å². The van der Waals surface area contributed by atoms with Crippen molar-refractivity contribution < 1.29 is 4.79 Å². The lowest BCUT2D eigenvalue weighted by Crippen LogP contribution is -2.24. The first kappa shape index (κ1) is 22.1. The Morgan fingerprint density at radius 2 is 1.65 bits per heavy atom. The summed E-state index contributed by atoms with van der Waals surface area (Å²) in [4.78, 5) is 26.3. The molecule has 0 N–H and O–H groups in total. The Hall–Kier alpha value is -3.71. The zero-order valence-electron chi connectivity index (χ0n) is 19.3. The van der Waals surface area contributed by atoms with Gasteiger partial charge in [0.2, 0.25) is 5.78 Å². The zero-order chi connectivity index (χ0) is 23.8. The van der Waals surface area contributed by atoms with Crippen molar-refractivity contribution in [3.8, 4) is 0 Å². The Balaban J connectivity index is 1.57. The average Bonchev–Trinajstić information content (AvgIpc) is 3.27. The van der Waals surface area contributed by atoms with E-state index >= 15 is 0 Å². The first-order valence-corrected chi connectivity index (χ1v) is 12.1. The summed E-state index contributed by atoms with van der Waals surface area (Å²) >= 11 is 1.34. The third-order valence-electron chi connectivity index (χ3n) is 5.97. The van der Waals surface area contributed by atoms with E-state index < -0.39 is 0 Å². The SMILES string of the molecule is Cc1ccc(Cn2c(=O)c3ccccc3n3c(SCC(=O)c4cc(C)ccc4C)nnc23)cc1. The van der Waals surface area contributed by atoms with E-state index in [1.165, 1.54) is 11.8 Å². The molecule has 0 bridgehead atoms. The topological polar surface area (TPSA) is 69.3 Å². The maximum absolute atomic E-state index is 13.4. The van der Waals surface area contributed by atoms with Crippen molar-refractivity contribution in [1.29, 1.82) is 0 Å². The number of benzene rings is 3. The lowest BCUT2D eigenvalue weighted by Gasteiger charge is -2.12. The van der Waals surface area contributed by atoms with E-state index in [2.05, 4.69) is 10.2 Å². The molecule has 0 spiro atoms. The maximum atomic E-state index is 13.4. The third-order valence-corrected chi connectivity index (χ3v) is 6.89. The van der Waals surface area contributed by atoms with Crippen LogP contribution in [-0.2, 0) is 6.54 Å². The molecule has 5 aromatic rings. The number of Topliss-reactive ketones (excluding diaryl/α,β-unsaturated/α-hetero) is 1. The maximum Gasteiger partial charge on any atom is 0.263 e. The molecule has 2 heterocycles. The van der Waals surface area contributed by atoms with Crippen LogP contribution in [0.1, 0.15) is 32.6 Å². The largest absolute Gasteiger partial charge is 0.293 e. The molecule has 3 aromatic carbocycles. The summed E-state index contributed by atoms with van der Waals surface area (Å²) in [6.45, 7) is 6.35. The predicted molar refractivity (Wildman–Crippen MR) is 136 cm³/mol. The van der Waals surface area contributed by atoms with Crippen LogP contribution < -0.4 is 5.56 Å². The number of hydrogen-bond donors (Lipinski definition) is 0. The van der Waals surface area contributed by atoms with Gasteiger partial charge in [0.15, 0.2) is 10.9 Å². The van der Waals surface area contributed by atoms with E-state index in [4.69, 9.17) is 0 Å². The van der Waals surface area contributed by atoms with E-state index in [0.717, 1.165) is 33.3 Å². The summed E-state index contributed by atoms with van der Waals surface area (Å²) in [6, 6.07) is 21.4. The number of para-hydroxylation sites is 1. The van der Waals surface area contributed by atoms with Gasteiger partial charge in [-0.15, -0.1) is 10.2 Å². The monoisotopic (exact) mass is 468 g/mol. The summed E-state index contributed by atoms with van der Waals surface area (Å²) in [5.74, 6) is 0.738. The molecule has 5 rings (SSSR count). The van der Waals surface area contributed by atoms with Crippen LogP contribution in [0, 0.1) is 20.8 Å². The second-order valence-electron chi connectivity index (χ2n) is 8.54. The average molecular weight is 469 g/mol. The van der Waals surface area contributed by atoms with Gasteiger partial charge < -0.3 is 0 Å². The Morgan fingerprint density at radius 3 is 2.44 bits per heavy atom. The number of aryl methyl sites for hydroxylation is 3. The lowest BCUT2D eigenvalue weighted by atomic mass is 10.0. The highest BCUT2D eigenvalue weighted by Gasteiger charge is 2.18. The molecule has 0 aliphatic rings. The molecule has 0 amide bonds. The summed E-state index contributed by atoms with van der Waals surface area (Å²) in [6.07, 6.45) is 0. The minimum absolute atomic E-state index is 0.0419. The Kier molecular flexibility index (Phi) is 5.79. The van der Waals surface area contributed by atoms with E-state index in [0.29, 0.717) is 22.9 Å². The molecule has 0 fully saturated rings. The minimum atomic E-state index is -0.112. The highest BCUT2D eigenvalue weighted by Crippen LogP contribution is 2.24. The van der Waals surface area contributed by atoms with Gasteiger partial charge in [0.25, 0.3) is 5.56 Å². The van der Waals surface area contributed by atoms with Gasteiger partial charge in [0.05, 0.1) is 23.2 Å². The van der Waals surface area contributed by atoms with Crippen molar-refractivity contribution in [2.75, 3.05) is 5.75 Å². The van der Waals surface area contributed by atoms with Crippen LogP contribution in [0.2, 0.25) is 0 Å². The normalized spacial score (nSPS) is 11.4. The van der Waals surface area contributed by atoms with Crippen LogP contribution in [0.25, 0.3) is 16.7 Å². The molecule has 0 unspecified atom stereocenters. The van der Waals surface area contributed by atoms with E-state index in [-0.39, 0.29) is 17.1 Å². The second kappa shape index (κ2) is 8.91. The van der Waals surface area contributed by atoms with Gasteiger partial charge in [-0.2, -0.15) is 0 Å². The standard InChI is InChI=1S/C27H24N4O2S/c1-17-9-12-20(13-10-17)15-30-25(33)21-6-4-5-7-23(21)31-26(30)28-29-27(31)34-16-24(32)22-14-18(2)8-11-19(22)3/h4-14H,15-16H2,1-3H3.